The van der Waals surface area contributed by atoms with Crippen LogP contribution in [0.25, 0.3) is 10.8 Å². The lowest BCUT2D eigenvalue weighted by Gasteiger charge is -2.41. The molecule has 2 N–H and O–H groups in total. The number of rotatable bonds is 12. The van der Waals surface area contributed by atoms with Gasteiger partial charge in [0.25, 0.3) is 5.91 Å². The Hall–Kier alpha value is -3.68. The number of fused-ring (bicyclic) bond motifs is 1. The van der Waals surface area contributed by atoms with Gasteiger partial charge in [0, 0.05) is 51.3 Å². The number of likely N-dealkylation sites (N-methyl/N-ethyl adjacent to an activating group) is 1. The number of carbonyl (C=O) groups is 1. The average molecular weight is 676 g/mol. The average Bonchev–Trinajstić information content (AvgIpc) is 3.11. The van der Waals surface area contributed by atoms with Crippen molar-refractivity contribution in [3.63, 3.8) is 0 Å². The molecule has 5 rings (SSSR count). The van der Waals surface area contributed by atoms with Gasteiger partial charge in [0.05, 0.1) is 47.5 Å². The van der Waals surface area contributed by atoms with Crippen LogP contribution in [0.1, 0.15) is 45.4 Å². The molecule has 0 unspecified atom stereocenters. The summed E-state index contributed by atoms with van der Waals surface area (Å²) in [5.74, 6) is 0.568. The maximum absolute atomic E-state index is 13.9. The second kappa shape index (κ2) is 15.9. The Kier molecular flexibility index (Phi) is 11.8. The highest BCUT2D eigenvalue weighted by atomic mass is 35.5. The summed E-state index contributed by atoms with van der Waals surface area (Å²) in [4.78, 5) is 20.2. The van der Waals surface area contributed by atoms with Gasteiger partial charge in [-0.05, 0) is 71.3 Å². The van der Waals surface area contributed by atoms with E-state index in [1.807, 2.05) is 60.7 Å². The zero-order valence-electron chi connectivity index (χ0n) is 26.7. The molecule has 1 fully saturated rings. The van der Waals surface area contributed by atoms with Gasteiger partial charge >= 0.3 is 0 Å². The first kappa shape index (κ1) is 34.6. The lowest BCUT2D eigenvalue weighted by molar-refractivity contribution is -0.00985. The Balaban J connectivity index is 1.29. The first-order chi connectivity index (χ1) is 22.7. The number of halogens is 2. The Morgan fingerprint density at radius 2 is 1.68 bits per heavy atom. The normalized spacial score (nSPS) is 15.9. The van der Waals surface area contributed by atoms with Gasteiger partial charge in [-0.3, -0.25) is 9.69 Å². The lowest BCUT2D eigenvalue weighted by atomic mass is 9.94. The quantitative estimate of drug-likeness (QED) is 0.191. The molecule has 0 spiro atoms. The fraction of sp³-hybridized carbons (Fsp3) is 0.351. The third-order valence-corrected chi connectivity index (χ3v) is 9.82. The highest BCUT2D eigenvalue weighted by Gasteiger charge is 2.31. The van der Waals surface area contributed by atoms with E-state index >= 15 is 0 Å². The number of aliphatic hydroxyl groups is 2. The third kappa shape index (κ3) is 8.25. The highest BCUT2D eigenvalue weighted by molar-refractivity contribution is 6.42. The van der Waals surface area contributed by atoms with Gasteiger partial charge in [0.1, 0.15) is 5.75 Å². The summed E-state index contributed by atoms with van der Waals surface area (Å²) in [6.45, 7) is 3.96. The van der Waals surface area contributed by atoms with E-state index in [0.717, 1.165) is 66.8 Å². The Morgan fingerprint density at radius 1 is 0.979 bits per heavy atom. The van der Waals surface area contributed by atoms with Crippen molar-refractivity contribution in [1.82, 2.24) is 14.7 Å². The van der Waals surface area contributed by atoms with Crippen LogP contribution in [0.15, 0.2) is 78.9 Å². The van der Waals surface area contributed by atoms with Gasteiger partial charge in [-0.25, -0.2) is 0 Å². The summed E-state index contributed by atoms with van der Waals surface area (Å²) in [5, 5.41) is 32.8. The molecule has 4 aromatic carbocycles. The molecule has 0 radical (unpaired) electrons. The predicted octanol–water partition coefficient (Wildman–Crippen LogP) is 5.98. The van der Waals surface area contributed by atoms with Gasteiger partial charge in [-0.2, -0.15) is 5.26 Å². The number of nitrogens with zero attached hydrogens (tertiary/aromatic N) is 4. The molecule has 47 heavy (non-hydrogen) atoms. The molecular formula is C37H40Cl2N4O4. The fourth-order valence-electron chi connectivity index (χ4n) is 6.48. The van der Waals surface area contributed by atoms with Crippen LogP contribution in [0.4, 0.5) is 0 Å². The summed E-state index contributed by atoms with van der Waals surface area (Å²) >= 11 is 12.7. The maximum atomic E-state index is 13.9. The van der Waals surface area contributed by atoms with E-state index in [4.69, 9.17) is 27.9 Å². The van der Waals surface area contributed by atoms with E-state index in [1.165, 1.54) is 0 Å². The van der Waals surface area contributed by atoms with E-state index in [0.29, 0.717) is 27.7 Å². The Bertz CT molecular complexity index is 1720. The van der Waals surface area contributed by atoms with Crippen LogP contribution in [-0.4, -0.2) is 97.0 Å². The van der Waals surface area contributed by atoms with Gasteiger partial charge in [-0.15, -0.1) is 0 Å². The number of hydrogen-bond donors (Lipinski definition) is 2. The molecule has 10 heteroatoms. The number of ether oxygens (including phenoxy) is 1. The van der Waals surface area contributed by atoms with Gasteiger partial charge < -0.3 is 24.7 Å². The molecule has 1 heterocycles. The second-order valence-electron chi connectivity index (χ2n) is 12.0. The highest BCUT2D eigenvalue weighted by Crippen LogP contribution is 2.31. The largest absolute Gasteiger partial charge is 0.497 e. The van der Waals surface area contributed by atoms with Crippen LogP contribution in [-0.2, 0) is 0 Å². The van der Waals surface area contributed by atoms with Crippen molar-refractivity contribution in [2.45, 2.75) is 24.5 Å². The van der Waals surface area contributed by atoms with Crippen molar-refractivity contribution in [3.05, 3.63) is 111 Å². The van der Waals surface area contributed by atoms with Crippen LogP contribution in [0.3, 0.4) is 0 Å². The molecule has 1 amide bonds. The summed E-state index contributed by atoms with van der Waals surface area (Å²) < 4.78 is 5.29. The SMILES string of the molecule is COc1ccc([C@@H]([C@H](O)CO)N2CCN(CC[C@H](CN(C)C(=O)c3cc(C#N)cc4ccccc34)c3ccc(Cl)c(Cl)c3)CC2)cc1. The van der Waals surface area contributed by atoms with Crippen molar-refractivity contribution in [1.29, 1.82) is 5.26 Å². The number of aliphatic hydroxyl groups excluding tert-OH is 2. The van der Waals surface area contributed by atoms with E-state index in [2.05, 4.69) is 15.9 Å². The Morgan fingerprint density at radius 3 is 2.34 bits per heavy atom. The van der Waals surface area contributed by atoms with E-state index < -0.39 is 6.10 Å². The summed E-state index contributed by atoms with van der Waals surface area (Å²) in [6, 6.07) is 26.2. The van der Waals surface area contributed by atoms with Crippen molar-refractivity contribution >= 4 is 39.9 Å². The smallest absolute Gasteiger partial charge is 0.254 e. The molecule has 1 saturated heterocycles. The monoisotopic (exact) mass is 674 g/mol. The van der Waals surface area contributed by atoms with Crippen molar-refractivity contribution in [2.24, 2.45) is 0 Å². The minimum absolute atomic E-state index is 0.0228. The zero-order chi connectivity index (χ0) is 33.5. The lowest BCUT2D eigenvalue weighted by Crippen LogP contribution is -2.50. The van der Waals surface area contributed by atoms with E-state index in [1.54, 1.807) is 37.3 Å². The van der Waals surface area contributed by atoms with E-state index in [-0.39, 0.29) is 24.5 Å². The number of hydrogen-bond acceptors (Lipinski definition) is 7. The van der Waals surface area contributed by atoms with Gasteiger partial charge in [-0.1, -0.05) is 65.7 Å². The number of amides is 1. The number of methoxy groups -OCH3 is 1. The molecule has 0 bridgehead atoms. The minimum atomic E-state index is -0.909. The van der Waals surface area contributed by atoms with Crippen LogP contribution >= 0.6 is 23.2 Å². The summed E-state index contributed by atoms with van der Waals surface area (Å²) in [7, 11) is 3.41. The summed E-state index contributed by atoms with van der Waals surface area (Å²) in [5.41, 5.74) is 2.88. The topological polar surface area (TPSA) is 100 Å². The number of piperazine rings is 1. The van der Waals surface area contributed by atoms with Gasteiger partial charge in [0.15, 0.2) is 0 Å². The Labute approximate surface area is 286 Å². The first-order valence-electron chi connectivity index (χ1n) is 15.7. The maximum Gasteiger partial charge on any atom is 0.254 e. The molecule has 1 aliphatic rings. The van der Waals surface area contributed by atoms with Crippen LogP contribution < -0.4 is 4.74 Å². The zero-order valence-corrected chi connectivity index (χ0v) is 28.2. The van der Waals surface area contributed by atoms with Crippen LogP contribution in [0.5, 0.6) is 5.75 Å². The molecule has 1 aliphatic heterocycles. The van der Waals surface area contributed by atoms with Crippen LogP contribution in [0, 0.1) is 11.3 Å². The molecule has 0 aliphatic carbocycles. The first-order valence-corrected chi connectivity index (χ1v) is 16.5. The number of carbonyl (C=O) groups excluding carboxylic acids is 1. The molecule has 3 atom stereocenters. The number of benzene rings is 4. The van der Waals surface area contributed by atoms with Gasteiger partial charge in [0.2, 0.25) is 0 Å². The second-order valence-corrected chi connectivity index (χ2v) is 12.9. The van der Waals surface area contributed by atoms with E-state index in [9.17, 15) is 20.3 Å². The van der Waals surface area contributed by atoms with Crippen LogP contribution in [0.2, 0.25) is 10.0 Å². The minimum Gasteiger partial charge on any atom is -0.497 e. The molecule has 4 aromatic rings. The standard InChI is InChI=1S/C37H40Cl2N4O4/c1-41(37(46)32-20-25(22-40)19-28-5-3-4-6-31(28)32)23-29(27-9-12-33(38)34(39)21-27)13-14-42-15-17-43(18-16-42)36(35(45)24-44)26-7-10-30(47-2)11-8-26/h3-12,19-21,29,35-36,44-45H,13-18,23-24H2,1-2H3/t29-,35-,36+/m1/s1. The van der Waals surface area contributed by atoms with Crippen molar-refractivity contribution < 1.29 is 19.7 Å². The van der Waals surface area contributed by atoms with Crippen molar-refractivity contribution in [2.75, 3.05) is 60.0 Å². The fourth-order valence-corrected chi connectivity index (χ4v) is 6.79. The number of nitriles is 1. The molecule has 246 valence electrons. The molecule has 0 aromatic heterocycles. The molecule has 0 saturated carbocycles. The summed E-state index contributed by atoms with van der Waals surface area (Å²) in [6.07, 6.45) is -0.136. The molecular weight excluding hydrogens is 635 g/mol. The predicted molar refractivity (Wildman–Crippen MR) is 186 cm³/mol. The third-order valence-electron chi connectivity index (χ3n) is 9.08. The molecule has 8 nitrogen and oxygen atoms in total. The van der Waals surface area contributed by atoms with Crippen molar-refractivity contribution in [3.8, 4) is 11.8 Å².